The van der Waals surface area contributed by atoms with Crippen molar-refractivity contribution in [3.8, 4) is 22.3 Å². The molecule has 0 aliphatic carbocycles. The van der Waals surface area contributed by atoms with E-state index in [9.17, 15) is 0 Å². The van der Waals surface area contributed by atoms with Crippen molar-refractivity contribution in [3.63, 3.8) is 0 Å². The van der Waals surface area contributed by atoms with Crippen molar-refractivity contribution >= 4 is 92.4 Å². The van der Waals surface area contributed by atoms with Crippen LogP contribution < -0.4 is 4.90 Å². The lowest BCUT2D eigenvalue weighted by atomic mass is 9.86. The van der Waals surface area contributed by atoms with Crippen LogP contribution >= 0.6 is 11.3 Å². The number of hydrogen-bond acceptors (Lipinski definition) is 4. The second-order valence-corrected chi connectivity index (χ2v) is 16.8. The molecule has 0 atom stereocenters. The number of anilines is 3. The van der Waals surface area contributed by atoms with Gasteiger partial charge in [0.1, 0.15) is 22.3 Å². The van der Waals surface area contributed by atoms with Crippen molar-refractivity contribution in [2.24, 2.45) is 0 Å². The molecule has 4 heteroatoms. The summed E-state index contributed by atoms with van der Waals surface area (Å²) in [7, 11) is 0. The summed E-state index contributed by atoms with van der Waals surface area (Å²) >= 11 is 1.87. The Morgan fingerprint density at radius 1 is 0.446 bits per heavy atom. The first-order valence-electron chi connectivity index (χ1n) is 19.2. The monoisotopic (exact) mass is 739 g/mol. The van der Waals surface area contributed by atoms with E-state index in [-0.39, 0.29) is 5.41 Å². The summed E-state index contributed by atoms with van der Waals surface area (Å²) in [6.07, 6.45) is 0. The van der Waals surface area contributed by atoms with Gasteiger partial charge in [-0.05, 0) is 76.7 Å². The van der Waals surface area contributed by atoms with Crippen molar-refractivity contribution in [1.29, 1.82) is 0 Å². The highest BCUT2D eigenvalue weighted by atomic mass is 32.1. The molecule has 0 aliphatic rings. The van der Waals surface area contributed by atoms with Crippen LogP contribution in [0.3, 0.4) is 0 Å². The van der Waals surface area contributed by atoms with Crippen LogP contribution in [0.15, 0.2) is 179 Å². The van der Waals surface area contributed by atoms with Gasteiger partial charge >= 0.3 is 0 Å². The van der Waals surface area contributed by atoms with Gasteiger partial charge in [-0.15, -0.1) is 11.3 Å². The summed E-state index contributed by atoms with van der Waals surface area (Å²) in [5.74, 6) is 0. The molecule has 0 N–H and O–H groups in total. The van der Waals surface area contributed by atoms with E-state index in [4.69, 9.17) is 8.83 Å². The van der Waals surface area contributed by atoms with Gasteiger partial charge in [0.15, 0.2) is 0 Å². The Hall–Kier alpha value is -6.62. The lowest BCUT2D eigenvalue weighted by molar-refractivity contribution is 0.591. The molecule has 56 heavy (non-hydrogen) atoms. The van der Waals surface area contributed by atoms with E-state index < -0.39 is 0 Å². The van der Waals surface area contributed by atoms with Gasteiger partial charge in [-0.25, -0.2) is 0 Å². The van der Waals surface area contributed by atoms with Gasteiger partial charge in [0.05, 0.1) is 10.4 Å². The summed E-state index contributed by atoms with van der Waals surface area (Å²) in [6, 6.07) is 61.0. The van der Waals surface area contributed by atoms with Crippen molar-refractivity contribution in [1.82, 2.24) is 0 Å². The number of rotatable bonds is 5. The van der Waals surface area contributed by atoms with E-state index in [2.05, 4.69) is 171 Å². The maximum absolute atomic E-state index is 6.44. The number of furan rings is 2. The molecule has 3 nitrogen and oxygen atoms in total. The zero-order chi connectivity index (χ0) is 37.5. The molecule has 11 rings (SSSR count). The van der Waals surface area contributed by atoms with Gasteiger partial charge in [-0.2, -0.15) is 0 Å². The molecule has 0 unspecified atom stereocenters. The Bertz CT molecular complexity index is 3130. The highest BCUT2D eigenvalue weighted by molar-refractivity contribution is 7.26. The minimum Gasteiger partial charge on any atom is -0.455 e. The molecule has 0 spiro atoms. The molecule has 0 saturated carbocycles. The molecule has 0 amide bonds. The average molecular weight is 740 g/mol. The fraction of sp³-hybridized carbons (Fsp3) is 0.0769. The predicted octanol–water partition coefficient (Wildman–Crippen LogP) is 16.0. The summed E-state index contributed by atoms with van der Waals surface area (Å²) in [4.78, 5) is 2.40. The van der Waals surface area contributed by atoms with Crippen LogP contribution in [0.4, 0.5) is 17.1 Å². The summed E-state index contributed by atoms with van der Waals surface area (Å²) in [5, 5.41) is 7.13. The van der Waals surface area contributed by atoms with Crippen LogP contribution in [0.25, 0.3) is 86.3 Å². The number of thiophene rings is 1. The van der Waals surface area contributed by atoms with Crippen LogP contribution in [-0.4, -0.2) is 0 Å². The first kappa shape index (κ1) is 32.8. The highest BCUT2D eigenvalue weighted by Gasteiger charge is 2.21. The van der Waals surface area contributed by atoms with Crippen molar-refractivity contribution < 1.29 is 8.83 Å². The second kappa shape index (κ2) is 12.5. The Morgan fingerprint density at radius 3 is 1.50 bits per heavy atom. The zero-order valence-corrected chi connectivity index (χ0v) is 32.2. The third-order valence-electron chi connectivity index (χ3n) is 11.3. The van der Waals surface area contributed by atoms with Gasteiger partial charge in [0.25, 0.3) is 0 Å². The summed E-state index contributed by atoms with van der Waals surface area (Å²) in [5.41, 5.74) is 12.8. The van der Waals surface area contributed by atoms with E-state index in [1.165, 1.54) is 25.7 Å². The summed E-state index contributed by atoms with van der Waals surface area (Å²) < 4.78 is 15.4. The van der Waals surface area contributed by atoms with Crippen molar-refractivity contribution in [2.45, 2.75) is 26.2 Å². The fourth-order valence-corrected chi connectivity index (χ4v) is 9.57. The Labute approximate surface area is 328 Å². The standard InChI is InChI=1S/C52H37NO2S/c1-52(2,3)34-25-30-48-44(31-34)43-17-10-18-45(51(43)56-48)53(35-26-21-32(22-27-35)37-13-8-15-41-39-11-4-6-19-46(39)54-49(37)41)36-28-23-33(24-29-36)38-14-9-16-42-40-12-5-7-20-47(40)55-50(38)42/h4-31H,1-3H3. The zero-order valence-electron chi connectivity index (χ0n) is 31.3. The van der Waals surface area contributed by atoms with Crippen LogP contribution in [0, 0.1) is 0 Å². The number of nitrogens with zero attached hydrogens (tertiary/aromatic N) is 1. The molecule has 8 aromatic carbocycles. The van der Waals surface area contributed by atoms with Crippen LogP contribution in [0.5, 0.6) is 0 Å². The molecular formula is C52H37NO2S. The Morgan fingerprint density at radius 2 is 0.946 bits per heavy atom. The largest absolute Gasteiger partial charge is 0.455 e. The minimum absolute atomic E-state index is 0.0645. The average Bonchev–Trinajstić information content (AvgIpc) is 3.93. The molecule has 11 aromatic rings. The molecular weight excluding hydrogens is 703 g/mol. The topological polar surface area (TPSA) is 29.5 Å². The van der Waals surface area contributed by atoms with Gasteiger partial charge in [-0.3, -0.25) is 0 Å². The second-order valence-electron chi connectivity index (χ2n) is 15.7. The third-order valence-corrected chi connectivity index (χ3v) is 12.5. The predicted molar refractivity (Wildman–Crippen MR) is 238 cm³/mol. The molecule has 0 radical (unpaired) electrons. The Kier molecular flexibility index (Phi) is 7.29. The smallest absolute Gasteiger partial charge is 0.143 e. The molecule has 0 fully saturated rings. The van der Waals surface area contributed by atoms with E-state index in [1.54, 1.807) is 0 Å². The van der Waals surface area contributed by atoms with Crippen molar-refractivity contribution in [2.75, 3.05) is 4.90 Å². The van der Waals surface area contributed by atoms with Crippen molar-refractivity contribution in [3.05, 3.63) is 175 Å². The Balaban J connectivity index is 1.06. The molecule has 268 valence electrons. The van der Waals surface area contributed by atoms with Crippen LogP contribution in [0.2, 0.25) is 0 Å². The number of benzene rings is 8. The van der Waals surface area contributed by atoms with E-state index in [0.717, 1.165) is 83.2 Å². The lowest BCUT2D eigenvalue weighted by Crippen LogP contribution is -2.10. The van der Waals surface area contributed by atoms with E-state index >= 15 is 0 Å². The number of fused-ring (bicyclic) bond motifs is 9. The maximum Gasteiger partial charge on any atom is 0.143 e. The van der Waals surface area contributed by atoms with Gasteiger partial charge in [0, 0.05) is 59.5 Å². The quantitative estimate of drug-likeness (QED) is 0.176. The van der Waals surface area contributed by atoms with Gasteiger partial charge < -0.3 is 13.7 Å². The first-order chi connectivity index (χ1) is 27.4. The SMILES string of the molecule is CC(C)(C)c1ccc2sc3c(N(c4ccc(-c5cccc6c5oc5ccccc56)cc4)c4ccc(-c5cccc6c5oc5ccccc56)cc4)cccc3c2c1. The minimum atomic E-state index is 0.0645. The van der Waals surface area contributed by atoms with Gasteiger partial charge in [-0.1, -0.05) is 136 Å². The third kappa shape index (κ3) is 5.17. The first-order valence-corrected chi connectivity index (χ1v) is 20.0. The number of hydrogen-bond donors (Lipinski definition) is 0. The molecule has 0 bridgehead atoms. The fourth-order valence-electron chi connectivity index (χ4n) is 8.38. The highest BCUT2D eigenvalue weighted by Crippen LogP contribution is 2.47. The van der Waals surface area contributed by atoms with E-state index in [1.807, 2.05) is 35.6 Å². The lowest BCUT2D eigenvalue weighted by Gasteiger charge is -2.26. The molecule has 0 aliphatic heterocycles. The van der Waals surface area contributed by atoms with Crippen LogP contribution in [-0.2, 0) is 5.41 Å². The van der Waals surface area contributed by atoms with Crippen LogP contribution in [0.1, 0.15) is 26.3 Å². The maximum atomic E-state index is 6.44. The number of para-hydroxylation sites is 4. The molecule has 0 saturated heterocycles. The normalized spacial score (nSPS) is 12.2. The molecule has 3 heterocycles. The summed E-state index contributed by atoms with van der Waals surface area (Å²) in [6.45, 7) is 6.85. The molecule has 3 aromatic heterocycles. The van der Waals surface area contributed by atoms with Gasteiger partial charge in [0.2, 0.25) is 0 Å². The van der Waals surface area contributed by atoms with E-state index in [0.29, 0.717) is 0 Å².